The van der Waals surface area contributed by atoms with Crippen LogP contribution in [0, 0.1) is 0 Å². The largest absolute Gasteiger partial charge is 0.388 e. The number of hydrogen-bond donors (Lipinski definition) is 2. The lowest BCUT2D eigenvalue weighted by Gasteiger charge is -2.23. The van der Waals surface area contributed by atoms with E-state index in [1.54, 1.807) is 6.20 Å². The Morgan fingerprint density at radius 1 is 1.56 bits per heavy atom. The smallest absolute Gasteiger partial charge is 0.122 e. The van der Waals surface area contributed by atoms with Gasteiger partial charge < -0.3 is 16.0 Å². The summed E-state index contributed by atoms with van der Waals surface area (Å²) in [6.45, 7) is 6.34. The van der Waals surface area contributed by atoms with E-state index in [1.807, 2.05) is 12.1 Å². The molecule has 0 aliphatic rings. The Morgan fingerprint density at radius 3 is 2.78 bits per heavy atom. The predicted molar refractivity (Wildman–Crippen MR) is 81.0 cm³/mol. The van der Waals surface area contributed by atoms with Gasteiger partial charge in [0, 0.05) is 19.1 Å². The topological polar surface area (TPSA) is 54.2 Å². The normalized spacial score (nSPS) is 12.4. The monoisotopic (exact) mass is 266 g/mol. The Labute approximate surface area is 115 Å². The van der Waals surface area contributed by atoms with Gasteiger partial charge in [-0.05, 0) is 32.5 Å². The molecular weight excluding hydrogens is 244 g/mol. The molecule has 1 heterocycles. The highest BCUT2D eigenvalue weighted by Crippen LogP contribution is 2.06. The zero-order chi connectivity index (χ0) is 13.5. The number of nitrogens with one attached hydrogen (secondary N) is 1. The lowest BCUT2D eigenvalue weighted by Crippen LogP contribution is -2.32. The minimum atomic E-state index is 0.332. The van der Waals surface area contributed by atoms with E-state index in [0.717, 1.165) is 18.8 Å². The molecule has 0 amide bonds. The van der Waals surface area contributed by atoms with Gasteiger partial charge in [0.15, 0.2) is 0 Å². The van der Waals surface area contributed by atoms with Crippen LogP contribution in [-0.2, 0) is 0 Å². The van der Waals surface area contributed by atoms with E-state index in [4.69, 9.17) is 18.0 Å². The molecule has 0 saturated carbocycles. The predicted octanol–water partition coefficient (Wildman–Crippen LogP) is 1.86. The van der Waals surface area contributed by atoms with E-state index in [2.05, 4.69) is 36.1 Å². The molecule has 1 unspecified atom stereocenters. The maximum absolute atomic E-state index is 5.49. The van der Waals surface area contributed by atoms with Gasteiger partial charge in [0.1, 0.15) is 4.99 Å². The Hall–Kier alpha value is -1.20. The molecule has 3 N–H and O–H groups in total. The minimum Gasteiger partial charge on any atom is -0.388 e. The first-order valence-corrected chi connectivity index (χ1v) is 6.65. The molecule has 4 nitrogen and oxygen atoms in total. The van der Waals surface area contributed by atoms with E-state index >= 15 is 0 Å². The average molecular weight is 266 g/mol. The molecule has 0 bridgehead atoms. The molecule has 0 fully saturated rings. The summed E-state index contributed by atoms with van der Waals surface area (Å²) >= 11 is 4.86. The average Bonchev–Trinajstić information content (AvgIpc) is 2.38. The molecule has 5 heteroatoms. The highest BCUT2D eigenvalue weighted by atomic mass is 32.1. The maximum Gasteiger partial charge on any atom is 0.122 e. The highest BCUT2D eigenvalue weighted by Gasteiger charge is 2.05. The van der Waals surface area contributed by atoms with Crippen molar-refractivity contribution >= 4 is 22.9 Å². The first kappa shape index (κ1) is 14.9. The van der Waals surface area contributed by atoms with Crippen molar-refractivity contribution in [3.8, 4) is 0 Å². The highest BCUT2D eigenvalue weighted by molar-refractivity contribution is 7.80. The Morgan fingerprint density at radius 2 is 2.28 bits per heavy atom. The summed E-state index contributed by atoms with van der Waals surface area (Å²) in [6, 6.07) is 4.40. The van der Waals surface area contributed by atoms with Gasteiger partial charge in [-0.25, -0.2) is 0 Å². The van der Waals surface area contributed by atoms with Crippen LogP contribution in [0.15, 0.2) is 18.3 Å². The van der Waals surface area contributed by atoms with E-state index in [-0.39, 0.29) is 0 Å². The molecule has 1 aromatic heterocycles. The third-order valence-corrected chi connectivity index (χ3v) is 3.36. The first-order chi connectivity index (χ1) is 8.54. The molecule has 0 saturated heterocycles. The number of thiocarbonyl (C=S) groups is 1. The second kappa shape index (κ2) is 7.28. The van der Waals surface area contributed by atoms with Crippen LogP contribution < -0.4 is 11.1 Å². The third kappa shape index (κ3) is 4.58. The molecule has 0 spiro atoms. The van der Waals surface area contributed by atoms with Gasteiger partial charge in [0.2, 0.25) is 0 Å². The number of nitrogens with zero attached hydrogens (tertiary/aromatic N) is 2. The summed E-state index contributed by atoms with van der Waals surface area (Å²) < 4.78 is 0. The number of hydrogen-bond acceptors (Lipinski definition) is 4. The minimum absolute atomic E-state index is 0.332. The van der Waals surface area contributed by atoms with Crippen LogP contribution >= 0.6 is 12.2 Å². The number of anilines is 1. The fourth-order valence-corrected chi connectivity index (χ4v) is 1.67. The van der Waals surface area contributed by atoms with Gasteiger partial charge >= 0.3 is 0 Å². The summed E-state index contributed by atoms with van der Waals surface area (Å²) in [7, 11) is 2.14. The van der Waals surface area contributed by atoms with E-state index < -0.39 is 0 Å². The number of nitrogens with two attached hydrogens (primary N) is 1. The Bertz CT molecular complexity index is 377. The van der Waals surface area contributed by atoms with Crippen LogP contribution in [-0.4, -0.2) is 41.1 Å². The third-order valence-electron chi connectivity index (χ3n) is 3.15. The van der Waals surface area contributed by atoms with Crippen molar-refractivity contribution in [1.82, 2.24) is 9.88 Å². The summed E-state index contributed by atoms with van der Waals surface area (Å²) in [6.07, 6.45) is 2.93. The summed E-state index contributed by atoms with van der Waals surface area (Å²) in [4.78, 5) is 6.85. The summed E-state index contributed by atoms with van der Waals surface area (Å²) in [5.74, 6) is 0. The van der Waals surface area contributed by atoms with E-state index in [0.29, 0.717) is 16.7 Å². The van der Waals surface area contributed by atoms with Crippen LogP contribution in [0.4, 0.5) is 5.69 Å². The molecule has 0 radical (unpaired) electrons. The molecule has 0 aliphatic heterocycles. The maximum atomic E-state index is 5.49. The van der Waals surface area contributed by atoms with Gasteiger partial charge in [-0.15, -0.1) is 0 Å². The van der Waals surface area contributed by atoms with Crippen molar-refractivity contribution in [3.63, 3.8) is 0 Å². The van der Waals surface area contributed by atoms with Crippen LogP contribution in [0.3, 0.4) is 0 Å². The Balaban J connectivity index is 2.38. The van der Waals surface area contributed by atoms with E-state index in [1.165, 1.54) is 6.42 Å². The van der Waals surface area contributed by atoms with Crippen molar-refractivity contribution < 1.29 is 0 Å². The lowest BCUT2D eigenvalue weighted by atomic mass is 10.2. The van der Waals surface area contributed by atoms with E-state index in [9.17, 15) is 0 Å². The summed E-state index contributed by atoms with van der Waals surface area (Å²) in [5, 5.41) is 3.33. The fraction of sp³-hybridized carbons (Fsp3) is 0.538. The van der Waals surface area contributed by atoms with Crippen LogP contribution in [0.2, 0.25) is 0 Å². The molecule has 1 aromatic rings. The standard InChI is InChI=1S/C13H22N4S/c1-4-10(2)17(3)8-7-15-11-5-6-12(13(14)18)16-9-11/h5-6,9-10,15H,4,7-8H2,1-3H3,(H2,14,18). The quantitative estimate of drug-likeness (QED) is 0.738. The van der Waals surface area contributed by atoms with Gasteiger partial charge in [-0.2, -0.15) is 0 Å². The van der Waals surface area contributed by atoms with Crippen LogP contribution in [0.1, 0.15) is 26.0 Å². The first-order valence-electron chi connectivity index (χ1n) is 6.24. The van der Waals surface area contributed by atoms with Crippen molar-refractivity contribution in [2.24, 2.45) is 5.73 Å². The van der Waals surface area contributed by atoms with Gasteiger partial charge in [-0.1, -0.05) is 19.1 Å². The zero-order valence-electron chi connectivity index (χ0n) is 11.3. The number of rotatable bonds is 7. The Kier molecular flexibility index (Phi) is 6.01. The number of likely N-dealkylation sites (N-methyl/N-ethyl adjacent to an activating group) is 1. The molecule has 1 atom stereocenters. The van der Waals surface area contributed by atoms with Crippen molar-refractivity contribution in [3.05, 3.63) is 24.0 Å². The van der Waals surface area contributed by atoms with Crippen LogP contribution in [0.5, 0.6) is 0 Å². The van der Waals surface area contributed by atoms with Gasteiger partial charge in [0.25, 0.3) is 0 Å². The van der Waals surface area contributed by atoms with Crippen molar-refractivity contribution in [2.75, 3.05) is 25.5 Å². The molecular formula is C13H22N4S. The molecule has 100 valence electrons. The molecule has 1 rings (SSSR count). The fourth-order valence-electron chi connectivity index (χ4n) is 1.55. The lowest BCUT2D eigenvalue weighted by molar-refractivity contribution is 0.261. The van der Waals surface area contributed by atoms with Gasteiger partial charge in [0.05, 0.1) is 17.6 Å². The van der Waals surface area contributed by atoms with Crippen molar-refractivity contribution in [1.29, 1.82) is 0 Å². The number of pyridine rings is 1. The molecule has 0 aromatic carbocycles. The van der Waals surface area contributed by atoms with Crippen molar-refractivity contribution in [2.45, 2.75) is 26.3 Å². The van der Waals surface area contributed by atoms with Crippen LogP contribution in [0.25, 0.3) is 0 Å². The zero-order valence-corrected chi connectivity index (χ0v) is 12.1. The van der Waals surface area contributed by atoms with Gasteiger partial charge in [-0.3, -0.25) is 4.98 Å². The second-order valence-electron chi connectivity index (χ2n) is 4.46. The molecule has 18 heavy (non-hydrogen) atoms. The molecule has 0 aliphatic carbocycles. The number of aromatic nitrogens is 1. The summed E-state index contributed by atoms with van der Waals surface area (Å²) in [5.41, 5.74) is 7.15. The second-order valence-corrected chi connectivity index (χ2v) is 4.90. The SMILES string of the molecule is CCC(C)N(C)CCNc1ccc(C(N)=S)nc1.